The molecule has 0 radical (unpaired) electrons. The number of nitrogens with zero attached hydrogens (tertiary/aromatic N) is 1. The lowest BCUT2D eigenvalue weighted by atomic mass is 9.96. The SMILES string of the molecule is CCCNC(CN(CC)C(C)CC)C1CCCC1. The van der Waals surface area contributed by atoms with Gasteiger partial charge in [-0.3, -0.25) is 4.90 Å². The highest BCUT2D eigenvalue weighted by atomic mass is 15.2. The predicted octanol–water partition coefficient (Wildman–Crippen LogP) is 3.67. The van der Waals surface area contributed by atoms with Crippen molar-refractivity contribution in [3.8, 4) is 0 Å². The molecule has 1 N–H and O–H groups in total. The van der Waals surface area contributed by atoms with Crippen molar-refractivity contribution in [2.24, 2.45) is 5.92 Å². The molecule has 18 heavy (non-hydrogen) atoms. The zero-order chi connectivity index (χ0) is 13.4. The van der Waals surface area contributed by atoms with Crippen LogP contribution in [0.4, 0.5) is 0 Å². The first kappa shape index (κ1) is 16.0. The first-order chi connectivity index (χ1) is 8.72. The minimum absolute atomic E-state index is 0.724. The third-order valence-electron chi connectivity index (χ3n) is 4.68. The number of rotatable bonds is 9. The normalized spacial score (nSPS) is 20.5. The van der Waals surface area contributed by atoms with E-state index in [1.165, 1.54) is 58.2 Å². The largest absolute Gasteiger partial charge is 0.312 e. The number of likely N-dealkylation sites (N-methyl/N-ethyl adjacent to an activating group) is 1. The Bertz CT molecular complexity index is 199. The molecule has 2 unspecified atom stereocenters. The molecule has 2 heteroatoms. The molecule has 1 aliphatic rings. The summed E-state index contributed by atoms with van der Waals surface area (Å²) in [6.07, 6.45) is 8.30. The number of nitrogens with one attached hydrogen (secondary N) is 1. The predicted molar refractivity (Wildman–Crippen MR) is 81.0 cm³/mol. The van der Waals surface area contributed by atoms with Gasteiger partial charge >= 0.3 is 0 Å². The molecule has 0 aliphatic heterocycles. The van der Waals surface area contributed by atoms with Crippen LogP contribution < -0.4 is 5.32 Å². The van der Waals surface area contributed by atoms with Crippen LogP contribution in [-0.4, -0.2) is 36.6 Å². The van der Waals surface area contributed by atoms with Gasteiger partial charge in [-0.05, 0) is 51.6 Å². The van der Waals surface area contributed by atoms with E-state index in [-0.39, 0.29) is 0 Å². The van der Waals surface area contributed by atoms with Gasteiger partial charge in [0.05, 0.1) is 0 Å². The van der Waals surface area contributed by atoms with Crippen molar-refractivity contribution in [2.45, 2.75) is 78.3 Å². The number of hydrogen-bond acceptors (Lipinski definition) is 2. The van der Waals surface area contributed by atoms with Crippen LogP contribution in [-0.2, 0) is 0 Å². The quantitative estimate of drug-likeness (QED) is 0.675. The average Bonchev–Trinajstić information content (AvgIpc) is 2.92. The molecule has 0 bridgehead atoms. The second kappa shape index (κ2) is 8.92. The van der Waals surface area contributed by atoms with E-state index in [0.29, 0.717) is 0 Å². The Morgan fingerprint density at radius 1 is 1.17 bits per heavy atom. The van der Waals surface area contributed by atoms with Gasteiger partial charge in [0, 0.05) is 18.6 Å². The molecule has 0 aromatic rings. The fraction of sp³-hybridized carbons (Fsp3) is 1.00. The van der Waals surface area contributed by atoms with Gasteiger partial charge in [-0.25, -0.2) is 0 Å². The van der Waals surface area contributed by atoms with E-state index in [9.17, 15) is 0 Å². The summed E-state index contributed by atoms with van der Waals surface area (Å²) < 4.78 is 0. The number of hydrogen-bond donors (Lipinski definition) is 1. The molecular weight excluding hydrogens is 220 g/mol. The van der Waals surface area contributed by atoms with Crippen LogP contribution in [0.15, 0.2) is 0 Å². The molecule has 2 nitrogen and oxygen atoms in total. The maximum absolute atomic E-state index is 3.81. The average molecular weight is 254 g/mol. The van der Waals surface area contributed by atoms with E-state index in [1.54, 1.807) is 0 Å². The molecule has 0 spiro atoms. The first-order valence-electron chi connectivity index (χ1n) is 8.20. The second-order valence-corrected chi connectivity index (χ2v) is 5.95. The van der Waals surface area contributed by atoms with Crippen molar-refractivity contribution >= 4 is 0 Å². The maximum Gasteiger partial charge on any atom is 0.0223 e. The van der Waals surface area contributed by atoms with Crippen LogP contribution in [0, 0.1) is 5.92 Å². The third-order valence-corrected chi connectivity index (χ3v) is 4.68. The van der Waals surface area contributed by atoms with E-state index in [0.717, 1.165) is 18.0 Å². The van der Waals surface area contributed by atoms with Crippen LogP contribution in [0.3, 0.4) is 0 Å². The van der Waals surface area contributed by atoms with E-state index >= 15 is 0 Å². The van der Waals surface area contributed by atoms with E-state index in [1.807, 2.05) is 0 Å². The van der Waals surface area contributed by atoms with E-state index in [4.69, 9.17) is 0 Å². The van der Waals surface area contributed by atoms with Crippen LogP contribution in [0.5, 0.6) is 0 Å². The van der Waals surface area contributed by atoms with Gasteiger partial charge in [0.1, 0.15) is 0 Å². The fourth-order valence-electron chi connectivity index (χ4n) is 3.20. The zero-order valence-electron chi connectivity index (χ0n) is 13.0. The molecule has 1 aliphatic carbocycles. The fourth-order valence-corrected chi connectivity index (χ4v) is 3.20. The van der Waals surface area contributed by atoms with Crippen LogP contribution >= 0.6 is 0 Å². The smallest absolute Gasteiger partial charge is 0.0223 e. The Kier molecular flexibility index (Phi) is 7.92. The Morgan fingerprint density at radius 2 is 1.83 bits per heavy atom. The monoisotopic (exact) mass is 254 g/mol. The maximum atomic E-state index is 3.81. The molecule has 0 heterocycles. The summed E-state index contributed by atoms with van der Waals surface area (Å²) in [7, 11) is 0. The van der Waals surface area contributed by atoms with E-state index in [2.05, 4.69) is 37.9 Å². The van der Waals surface area contributed by atoms with Crippen molar-refractivity contribution < 1.29 is 0 Å². The zero-order valence-corrected chi connectivity index (χ0v) is 13.0. The highest BCUT2D eigenvalue weighted by Gasteiger charge is 2.26. The molecule has 108 valence electrons. The lowest BCUT2D eigenvalue weighted by Crippen LogP contribution is -2.47. The Labute approximate surface area is 115 Å². The molecule has 0 aromatic heterocycles. The minimum atomic E-state index is 0.724. The molecule has 0 saturated heterocycles. The van der Waals surface area contributed by atoms with Crippen molar-refractivity contribution in [3.05, 3.63) is 0 Å². The van der Waals surface area contributed by atoms with Gasteiger partial charge in [0.15, 0.2) is 0 Å². The highest BCUT2D eigenvalue weighted by Crippen LogP contribution is 2.28. The van der Waals surface area contributed by atoms with Crippen LogP contribution in [0.25, 0.3) is 0 Å². The lowest BCUT2D eigenvalue weighted by Gasteiger charge is -2.34. The van der Waals surface area contributed by atoms with Crippen molar-refractivity contribution in [3.63, 3.8) is 0 Å². The third kappa shape index (κ3) is 4.89. The Hall–Kier alpha value is -0.0800. The topological polar surface area (TPSA) is 15.3 Å². The summed E-state index contributed by atoms with van der Waals surface area (Å²) in [5, 5.41) is 3.81. The van der Waals surface area contributed by atoms with Gasteiger partial charge < -0.3 is 5.32 Å². The van der Waals surface area contributed by atoms with Crippen molar-refractivity contribution in [2.75, 3.05) is 19.6 Å². The molecule has 2 atom stereocenters. The van der Waals surface area contributed by atoms with Crippen molar-refractivity contribution in [1.29, 1.82) is 0 Å². The van der Waals surface area contributed by atoms with Crippen LogP contribution in [0.2, 0.25) is 0 Å². The first-order valence-corrected chi connectivity index (χ1v) is 8.20. The van der Waals surface area contributed by atoms with Gasteiger partial charge in [-0.15, -0.1) is 0 Å². The standard InChI is InChI=1S/C16H34N2/c1-5-12-17-16(15-10-8-9-11-15)13-18(7-3)14(4)6-2/h14-17H,5-13H2,1-4H3. The molecule has 0 aromatic carbocycles. The summed E-state index contributed by atoms with van der Waals surface area (Å²) in [5.41, 5.74) is 0. The summed E-state index contributed by atoms with van der Waals surface area (Å²) in [4.78, 5) is 2.66. The summed E-state index contributed by atoms with van der Waals surface area (Å²) in [6.45, 7) is 12.9. The Morgan fingerprint density at radius 3 is 2.33 bits per heavy atom. The summed E-state index contributed by atoms with van der Waals surface area (Å²) >= 11 is 0. The van der Waals surface area contributed by atoms with Gasteiger partial charge in [0.25, 0.3) is 0 Å². The summed E-state index contributed by atoms with van der Waals surface area (Å²) in [5.74, 6) is 0.926. The second-order valence-electron chi connectivity index (χ2n) is 5.95. The van der Waals surface area contributed by atoms with E-state index < -0.39 is 0 Å². The minimum Gasteiger partial charge on any atom is -0.312 e. The highest BCUT2D eigenvalue weighted by molar-refractivity contribution is 4.84. The molecule has 0 amide bonds. The van der Waals surface area contributed by atoms with Crippen molar-refractivity contribution in [1.82, 2.24) is 10.2 Å². The summed E-state index contributed by atoms with van der Waals surface area (Å²) in [6, 6.07) is 1.45. The van der Waals surface area contributed by atoms with Gasteiger partial charge in [0.2, 0.25) is 0 Å². The van der Waals surface area contributed by atoms with Gasteiger partial charge in [-0.2, -0.15) is 0 Å². The molecule has 1 fully saturated rings. The Balaban J connectivity index is 2.52. The van der Waals surface area contributed by atoms with Gasteiger partial charge in [-0.1, -0.05) is 33.6 Å². The lowest BCUT2D eigenvalue weighted by molar-refractivity contribution is 0.168. The van der Waals surface area contributed by atoms with Crippen LogP contribution in [0.1, 0.15) is 66.2 Å². The molecule has 1 saturated carbocycles. The molecule has 1 rings (SSSR count). The molecular formula is C16H34N2.